The molecule has 0 spiro atoms. The molecule has 9 nitrogen and oxygen atoms in total. The van der Waals surface area contributed by atoms with Crippen LogP contribution in [0.25, 0.3) is 0 Å². The molecule has 0 saturated carbocycles. The summed E-state index contributed by atoms with van der Waals surface area (Å²) in [4.78, 5) is 0.229. The number of hydrogen-bond donors (Lipinski definition) is 2. The van der Waals surface area contributed by atoms with Crippen molar-refractivity contribution in [3.8, 4) is 11.5 Å². The molecule has 2 aromatic carbocycles. The normalized spacial score (nSPS) is 14.6. The molecule has 1 fully saturated rings. The van der Waals surface area contributed by atoms with Crippen LogP contribution in [0.15, 0.2) is 52.5 Å². The van der Waals surface area contributed by atoms with Gasteiger partial charge in [-0.15, -0.1) is 0 Å². The SMILES string of the molecule is CCCOc1ccc(/C=N\NC(=S)Nc2ccc(S(=O)(=O)N3CCOCC3)cc2)c(OCCC)c1. The minimum Gasteiger partial charge on any atom is -0.493 e. The van der Waals surface area contributed by atoms with E-state index in [1.807, 2.05) is 25.1 Å². The maximum Gasteiger partial charge on any atom is 0.243 e. The topological polar surface area (TPSA) is 101 Å². The Morgan fingerprint density at radius 3 is 2.46 bits per heavy atom. The van der Waals surface area contributed by atoms with Gasteiger partial charge in [-0.25, -0.2) is 8.42 Å². The zero-order valence-corrected chi connectivity index (χ0v) is 21.7. The van der Waals surface area contributed by atoms with Crippen LogP contribution in [0.2, 0.25) is 0 Å². The molecular formula is C24H32N4O5S2. The highest BCUT2D eigenvalue weighted by Gasteiger charge is 2.26. The summed E-state index contributed by atoms with van der Waals surface area (Å²) < 4.78 is 43.7. The van der Waals surface area contributed by atoms with Crippen molar-refractivity contribution < 1.29 is 22.6 Å². The van der Waals surface area contributed by atoms with Gasteiger partial charge in [-0.05, 0) is 61.5 Å². The average Bonchev–Trinajstić information content (AvgIpc) is 2.88. The largest absolute Gasteiger partial charge is 0.493 e. The Labute approximate surface area is 212 Å². The van der Waals surface area contributed by atoms with Gasteiger partial charge in [-0.2, -0.15) is 9.41 Å². The summed E-state index contributed by atoms with van der Waals surface area (Å²) in [6, 6.07) is 12.0. The monoisotopic (exact) mass is 520 g/mol. The molecule has 1 saturated heterocycles. The van der Waals surface area contributed by atoms with E-state index in [1.165, 1.54) is 4.31 Å². The van der Waals surface area contributed by atoms with Gasteiger partial charge in [0.1, 0.15) is 11.5 Å². The maximum absolute atomic E-state index is 12.7. The smallest absolute Gasteiger partial charge is 0.243 e. The van der Waals surface area contributed by atoms with E-state index in [1.54, 1.807) is 30.5 Å². The van der Waals surface area contributed by atoms with E-state index in [2.05, 4.69) is 22.8 Å². The fourth-order valence-electron chi connectivity index (χ4n) is 3.23. The van der Waals surface area contributed by atoms with Gasteiger partial charge in [0.25, 0.3) is 0 Å². The summed E-state index contributed by atoms with van der Waals surface area (Å²) in [5.41, 5.74) is 4.20. The van der Waals surface area contributed by atoms with Gasteiger partial charge in [-0.1, -0.05) is 13.8 Å². The lowest BCUT2D eigenvalue weighted by atomic mass is 10.2. The van der Waals surface area contributed by atoms with Crippen molar-refractivity contribution >= 4 is 39.3 Å². The third kappa shape index (κ3) is 7.89. The first-order valence-electron chi connectivity index (χ1n) is 11.6. The quantitative estimate of drug-likeness (QED) is 0.263. The van der Waals surface area contributed by atoms with Crippen LogP contribution in [0.5, 0.6) is 11.5 Å². The highest BCUT2D eigenvalue weighted by molar-refractivity contribution is 7.89. The summed E-state index contributed by atoms with van der Waals surface area (Å²) in [7, 11) is -3.54. The summed E-state index contributed by atoms with van der Waals surface area (Å²) >= 11 is 5.30. The van der Waals surface area contributed by atoms with Crippen molar-refractivity contribution in [3.63, 3.8) is 0 Å². The average molecular weight is 521 g/mol. The predicted molar refractivity (Wildman–Crippen MR) is 141 cm³/mol. The highest BCUT2D eigenvalue weighted by atomic mass is 32.2. The Balaban J connectivity index is 1.58. The lowest BCUT2D eigenvalue weighted by Crippen LogP contribution is -2.40. The molecule has 3 rings (SSSR count). The predicted octanol–water partition coefficient (Wildman–Crippen LogP) is 3.61. The van der Waals surface area contributed by atoms with E-state index in [4.69, 9.17) is 26.4 Å². The van der Waals surface area contributed by atoms with Gasteiger partial charge >= 0.3 is 0 Å². The minimum absolute atomic E-state index is 0.229. The lowest BCUT2D eigenvalue weighted by Gasteiger charge is -2.26. The van der Waals surface area contributed by atoms with Crippen LogP contribution >= 0.6 is 12.2 Å². The highest BCUT2D eigenvalue weighted by Crippen LogP contribution is 2.24. The second kappa shape index (κ2) is 13.4. The zero-order valence-electron chi connectivity index (χ0n) is 20.0. The molecule has 0 atom stereocenters. The molecule has 0 aromatic heterocycles. The molecule has 1 aliphatic heterocycles. The molecule has 0 unspecified atom stereocenters. The van der Waals surface area contributed by atoms with E-state index in [9.17, 15) is 8.42 Å². The molecule has 190 valence electrons. The van der Waals surface area contributed by atoms with Crippen molar-refractivity contribution in [1.82, 2.24) is 9.73 Å². The Kier molecular flexibility index (Phi) is 10.3. The standard InChI is InChI=1S/C24H32N4O5S2/c1-3-13-32-21-8-5-19(23(17-21)33-14-4-2)18-25-27-24(34)26-20-6-9-22(10-7-20)35(29,30)28-11-15-31-16-12-28/h5-10,17-18H,3-4,11-16H2,1-2H3,(H2,26,27,34)/b25-18-. The summed E-state index contributed by atoms with van der Waals surface area (Å²) in [6.07, 6.45) is 3.44. The number of hydrazone groups is 1. The summed E-state index contributed by atoms with van der Waals surface area (Å²) in [5.74, 6) is 1.43. The first kappa shape index (κ1) is 26.9. The van der Waals surface area contributed by atoms with Crippen LogP contribution in [0.4, 0.5) is 5.69 Å². The first-order chi connectivity index (χ1) is 16.9. The number of rotatable bonds is 11. The van der Waals surface area contributed by atoms with E-state index < -0.39 is 10.0 Å². The Morgan fingerprint density at radius 1 is 1.09 bits per heavy atom. The van der Waals surface area contributed by atoms with Crippen LogP contribution in [-0.4, -0.2) is 63.6 Å². The molecule has 1 aliphatic rings. The molecular weight excluding hydrogens is 488 g/mol. The van der Waals surface area contributed by atoms with Crippen molar-refractivity contribution in [3.05, 3.63) is 48.0 Å². The van der Waals surface area contributed by atoms with E-state index >= 15 is 0 Å². The molecule has 11 heteroatoms. The Morgan fingerprint density at radius 2 is 1.77 bits per heavy atom. The van der Waals surface area contributed by atoms with Gasteiger partial charge in [0.15, 0.2) is 5.11 Å². The molecule has 0 aliphatic carbocycles. The first-order valence-corrected chi connectivity index (χ1v) is 13.5. The number of anilines is 1. The number of ether oxygens (including phenoxy) is 3. The number of nitrogens with one attached hydrogen (secondary N) is 2. The number of hydrogen-bond acceptors (Lipinski definition) is 7. The van der Waals surface area contributed by atoms with Crippen LogP contribution < -0.4 is 20.2 Å². The van der Waals surface area contributed by atoms with Crippen LogP contribution in [0.3, 0.4) is 0 Å². The molecule has 0 bridgehead atoms. The molecule has 35 heavy (non-hydrogen) atoms. The number of sulfonamides is 1. The fourth-order valence-corrected chi connectivity index (χ4v) is 4.81. The van der Waals surface area contributed by atoms with Gasteiger partial charge in [0.2, 0.25) is 10.0 Å². The number of nitrogens with zero attached hydrogens (tertiary/aromatic N) is 2. The van der Waals surface area contributed by atoms with Crippen LogP contribution in [0, 0.1) is 0 Å². The molecule has 1 heterocycles. The van der Waals surface area contributed by atoms with Gasteiger partial charge < -0.3 is 19.5 Å². The second-order valence-electron chi connectivity index (χ2n) is 7.76. The molecule has 2 aromatic rings. The van der Waals surface area contributed by atoms with Gasteiger partial charge in [0.05, 0.1) is 37.5 Å². The zero-order chi connectivity index (χ0) is 25.1. The number of benzene rings is 2. The third-order valence-corrected chi connectivity index (χ3v) is 7.12. The Hall–Kier alpha value is -2.73. The van der Waals surface area contributed by atoms with Crippen molar-refractivity contribution in [2.24, 2.45) is 5.10 Å². The fraction of sp³-hybridized carbons (Fsp3) is 0.417. The van der Waals surface area contributed by atoms with Gasteiger partial charge in [-0.3, -0.25) is 5.43 Å². The molecule has 0 amide bonds. The van der Waals surface area contributed by atoms with E-state index in [-0.39, 0.29) is 10.0 Å². The van der Waals surface area contributed by atoms with E-state index in [0.717, 1.165) is 24.2 Å². The minimum atomic E-state index is -3.54. The van der Waals surface area contributed by atoms with Crippen LogP contribution in [-0.2, 0) is 14.8 Å². The van der Waals surface area contributed by atoms with E-state index in [0.29, 0.717) is 51.0 Å². The van der Waals surface area contributed by atoms with Gasteiger partial charge in [0, 0.05) is 30.4 Å². The van der Waals surface area contributed by atoms with Crippen molar-refractivity contribution in [1.29, 1.82) is 0 Å². The number of morpholine rings is 1. The van der Waals surface area contributed by atoms with Crippen molar-refractivity contribution in [2.45, 2.75) is 31.6 Å². The Bertz CT molecular complexity index is 1100. The molecule has 2 N–H and O–H groups in total. The number of thiocarbonyl (C=S) groups is 1. The summed E-state index contributed by atoms with van der Waals surface area (Å²) in [5, 5.41) is 7.46. The maximum atomic E-state index is 12.7. The second-order valence-corrected chi connectivity index (χ2v) is 10.1. The molecule has 0 radical (unpaired) electrons. The van der Waals surface area contributed by atoms with Crippen molar-refractivity contribution in [2.75, 3.05) is 44.8 Å². The summed E-state index contributed by atoms with van der Waals surface area (Å²) in [6.45, 7) is 6.85. The van der Waals surface area contributed by atoms with Crippen LogP contribution in [0.1, 0.15) is 32.3 Å². The third-order valence-electron chi connectivity index (χ3n) is 5.01. The lowest BCUT2D eigenvalue weighted by molar-refractivity contribution is 0.0730.